The monoisotopic (exact) mass is 208 g/mol. The van der Waals surface area contributed by atoms with E-state index in [4.69, 9.17) is 4.74 Å². The van der Waals surface area contributed by atoms with Crippen LogP contribution in [0.3, 0.4) is 0 Å². The van der Waals surface area contributed by atoms with E-state index in [0.29, 0.717) is 5.75 Å². The summed E-state index contributed by atoms with van der Waals surface area (Å²) in [5.74, 6) is 0.509. The lowest BCUT2D eigenvalue weighted by molar-refractivity contribution is 0.121. The lowest BCUT2D eigenvalue weighted by Crippen LogP contribution is -2.12. The Morgan fingerprint density at radius 3 is 2.47 bits per heavy atom. The van der Waals surface area contributed by atoms with Crippen molar-refractivity contribution in [1.82, 2.24) is 0 Å². The van der Waals surface area contributed by atoms with E-state index in [9.17, 15) is 4.79 Å². The highest BCUT2D eigenvalue weighted by atomic mass is 16.7. The normalized spacial score (nSPS) is 10.9. The second-order valence-electron chi connectivity index (χ2n) is 4.33. The molecule has 0 unspecified atom stereocenters. The molecular formula is C12H16O3. The molecule has 0 amide bonds. The van der Waals surface area contributed by atoms with Gasteiger partial charge in [0.05, 0.1) is 7.11 Å². The van der Waals surface area contributed by atoms with Crippen LogP contribution in [-0.4, -0.2) is 13.3 Å². The summed E-state index contributed by atoms with van der Waals surface area (Å²) in [6.07, 6.45) is -0.693. The Hall–Kier alpha value is -1.51. The summed E-state index contributed by atoms with van der Waals surface area (Å²) in [5, 5.41) is 0. The Labute approximate surface area is 90.0 Å². The third-order valence-corrected chi connectivity index (χ3v) is 2.07. The van der Waals surface area contributed by atoms with Crippen LogP contribution in [0.25, 0.3) is 0 Å². The topological polar surface area (TPSA) is 35.5 Å². The van der Waals surface area contributed by atoms with E-state index in [1.807, 2.05) is 18.2 Å². The average Bonchev–Trinajstić information content (AvgIpc) is 2.17. The first-order valence-corrected chi connectivity index (χ1v) is 4.80. The molecule has 82 valence electrons. The average molecular weight is 208 g/mol. The van der Waals surface area contributed by atoms with Crippen LogP contribution in [0.4, 0.5) is 4.79 Å². The summed E-state index contributed by atoms with van der Waals surface area (Å²) in [6.45, 7) is 6.30. The van der Waals surface area contributed by atoms with Crippen LogP contribution in [0, 0.1) is 0 Å². The molecule has 0 atom stereocenters. The van der Waals surface area contributed by atoms with Gasteiger partial charge in [-0.15, -0.1) is 0 Å². The first kappa shape index (κ1) is 11.6. The number of benzene rings is 1. The first-order chi connectivity index (χ1) is 6.93. The number of hydrogen-bond donors (Lipinski definition) is 0. The number of ether oxygens (including phenoxy) is 2. The van der Waals surface area contributed by atoms with Crippen molar-refractivity contribution in [3.8, 4) is 5.75 Å². The molecular weight excluding hydrogens is 192 g/mol. The van der Waals surface area contributed by atoms with Gasteiger partial charge in [-0.25, -0.2) is 4.79 Å². The van der Waals surface area contributed by atoms with Crippen LogP contribution in [0.2, 0.25) is 0 Å². The van der Waals surface area contributed by atoms with Crippen molar-refractivity contribution in [2.75, 3.05) is 7.11 Å². The summed E-state index contributed by atoms with van der Waals surface area (Å²) in [4.78, 5) is 10.9. The second-order valence-corrected chi connectivity index (χ2v) is 4.33. The minimum absolute atomic E-state index is 0.0372. The zero-order chi connectivity index (χ0) is 11.5. The summed E-state index contributed by atoms with van der Waals surface area (Å²) in [6, 6.07) is 7.44. The van der Waals surface area contributed by atoms with E-state index < -0.39 is 6.16 Å². The molecule has 0 aromatic heterocycles. The standard InChI is InChI=1S/C12H16O3/c1-12(2,3)9-6-5-7-10(8-9)15-11(13)14-4/h5-8H,1-4H3. The molecule has 3 nitrogen and oxygen atoms in total. The molecule has 0 saturated carbocycles. The fourth-order valence-corrected chi connectivity index (χ4v) is 1.16. The van der Waals surface area contributed by atoms with Crippen LogP contribution in [0.5, 0.6) is 5.75 Å². The highest BCUT2D eigenvalue weighted by Gasteiger charge is 2.14. The second kappa shape index (κ2) is 4.34. The largest absolute Gasteiger partial charge is 0.513 e. The molecule has 15 heavy (non-hydrogen) atoms. The molecule has 0 spiro atoms. The lowest BCUT2D eigenvalue weighted by atomic mass is 9.87. The van der Waals surface area contributed by atoms with Crippen LogP contribution >= 0.6 is 0 Å². The number of methoxy groups -OCH3 is 1. The van der Waals surface area contributed by atoms with E-state index >= 15 is 0 Å². The van der Waals surface area contributed by atoms with E-state index in [2.05, 4.69) is 25.5 Å². The molecule has 1 aromatic carbocycles. The Morgan fingerprint density at radius 1 is 1.27 bits per heavy atom. The minimum Gasteiger partial charge on any atom is -0.437 e. The van der Waals surface area contributed by atoms with Crippen molar-refractivity contribution in [3.05, 3.63) is 29.8 Å². The Balaban J connectivity index is 2.88. The first-order valence-electron chi connectivity index (χ1n) is 4.80. The summed E-state index contributed by atoms with van der Waals surface area (Å²) in [7, 11) is 1.29. The van der Waals surface area contributed by atoms with Gasteiger partial charge in [-0.2, -0.15) is 0 Å². The molecule has 0 aliphatic rings. The van der Waals surface area contributed by atoms with Crippen LogP contribution in [0.1, 0.15) is 26.3 Å². The third kappa shape index (κ3) is 3.27. The molecule has 0 heterocycles. The van der Waals surface area contributed by atoms with Crippen molar-refractivity contribution >= 4 is 6.16 Å². The maximum absolute atomic E-state index is 10.9. The van der Waals surface area contributed by atoms with Gasteiger partial charge < -0.3 is 9.47 Å². The van der Waals surface area contributed by atoms with Gasteiger partial charge in [0.25, 0.3) is 0 Å². The Kier molecular flexibility index (Phi) is 3.35. The lowest BCUT2D eigenvalue weighted by Gasteiger charge is -2.19. The van der Waals surface area contributed by atoms with Gasteiger partial charge in [-0.05, 0) is 23.1 Å². The fourth-order valence-electron chi connectivity index (χ4n) is 1.16. The van der Waals surface area contributed by atoms with E-state index in [-0.39, 0.29) is 5.41 Å². The molecule has 1 rings (SSSR count). The summed E-state index contributed by atoms with van der Waals surface area (Å²) in [5.41, 5.74) is 1.15. The number of rotatable bonds is 1. The van der Waals surface area contributed by atoms with Crippen molar-refractivity contribution in [1.29, 1.82) is 0 Å². The molecule has 1 aromatic rings. The molecule has 0 saturated heterocycles. The molecule has 0 radical (unpaired) electrons. The number of carbonyl (C=O) groups is 1. The smallest absolute Gasteiger partial charge is 0.437 e. The third-order valence-electron chi connectivity index (χ3n) is 2.07. The van der Waals surface area contributed by atoms with Gasteiger partial charge in [0.15, 0.2) is 0 Å². The number of hydrogen-bond acceptors (Lipinski definition) is 3. The van der Waals surface area contributed by atoms with Crippen molar-refractivity contribution in [2.24, 2.45) is 0 Å². The van der Waals surface area contributed by atoms with Gasteiger partial charge in [0.2, 0.25) is 0 Å². The Bertz CT molecular complexity index is 350. The predicted molar refractivity (Wildman–Crippen MR) is 58.2 cm³/mol. The SMILES string of the molecule is COC(=O)Oc1cccc(C(C)(C)C)c1. The fraction of sp³-hybridized carbons (Fsp3) is 0.417. The zero-order valence-corrected chi connectivity index (χ0v) is 9.53. The van der Waals surface area contributed by atoms with Crippen LogP contribution in [-0.2, 0) is 10.2 Å². The molecule has 0 bridgehead atoms. The summed E-state index contributed by atoms with van der Waals surface area (Å²) >= 11 is 0. The quantitative estimate of drug-likeness (QED) is 0.525. The van der Waals surface area contributed by atoms with Gasteiger partial charge in [0, 0.05) is 0 Å². The predicted octanol–water partition coefficient (Wildman–Crippen LogP) is 3.13. The molecule has 0 N–H and O–H groups in total. The van der Waals surface area contributed by atoms with Gasteiger partial charge >= 0.3 is 6.16 Å². The van der Waals surface area contributed by atoms with Crippen LogP contribution in [0.15, 0.2) is 24.3 Å². The molecule has 0 aliphatic carbocycles. The van der Waals surface area contributed by atoms with Gasteiger partial charge in [-0.1, -0.05) is 32.9 Å². The maximum Gasteiger partial charge on any atom is 0.513 e. The highest BCUT2D eigenvalue weighted by Crippen LogP contribution is 2.25. The number of carbonyl (C=O) groups excluding carboxylic acids is 1. The van der Waals surface area contributed by atoms with Crippen molar-refractivity contribution in [2.45, 2.75) is 26.2 Å². The van der Waals surface area contributed by atoms with Gasteiger partial charge in [0.1, 0.15) is 5.75 Å². The molecule has 3 heteroatoms. The molecule has 0 fully saturated rings. The minimum atomic E-state index is -0.693. The zero-order valence-electron chi connectivity index (χ0n) is 9.53. The summed E-state index contributed by atoms with van der Waals surface area (Å²) < 4.78 is 9.36. The van der Waals surface area contributed by atoms with Crippen LogP contribution < -0.4 is 4.74 Å². The van der Waals surface area contributed by atoms with Crippen molar-refractivity contribution < 1.29 is 14.3 Å². The highest BCUT2D eigenvalue weighted by molar-refractivity contribution is 5.63. The maximum atomic E-state index is 10.9. The molecule has 0 aliphatic heterocycles. The van der Waals surface area contributed by atoms with E-state index in [0.717, 1.165) is 5.56 Å². The van der Waals surface area contributed by atoms with Gasteiger partial charge in [-0.3, -0.25) is 0 Å². The van der Waals surface area contributed by atoms with E-state index in [1.54, 1.807) is 6.07 Å². The van der Waals surface area contributed by atoms with Crippen molar-refractivity contribution in [3.63, 3.8) is 0 Å². The Morgan fingerprint density at radius 2 is 1.93 bits per heavy atom. The van der Waals surface area contributed by atoms with E-state index in [1.165, 1.54) is 7.11 Å².